The van der Waals surface area contributed by atoms with Crippen LogP contribution in [0.25, 0.3) is 0 Å². The Morgan fingerprint density at radius 2 is 1.96 bits per heavy atom. The Hall–Kier alpha value is -1.15. The SMILES string of the molecule is CCN(C(=O)CN1C[C@@H](CN)[C@H](c2ccccc2)C1)C1CCS(=O)(=O)C1.Cl. The Bertz CT molecular complexity index is 729. The number of halogens is 1. The molecule has 3 rings (SSSR count). The molecule has 0 radical (unpaired) electrons. The molecule has 0 aliphatic carbocycles. The summed E-state index contributed by atoms with van der Waals surface area (Å²) in [5.74, 6) is 1.00. The zero-order valence-corrected chi connectivity index (χ0v) is 17.4. The van der Waals surface area contributed by atoms with Gasteiger partial charge in [-0.15, -0.1) is 12.4 Å². The highest BCUT2D eigenvalue weighted by Gasteiger charge is 2.37. The second-order valence-electron chi connectivity index (χ2n) is 7.44. The Balaban J connectivity index is 0.00000261. The standard InChI is InChI=1S/C19H29N3O3S.ClH/c1-2-22(17-8-9-26(24,25)14-17)19(23)13-21-11-16(10-20)18(12-21)15-6-4-3-5-7-15;/h3-7,16-18H,2,8-14,20H2,1H3;1H/t16-,17?,18+;/m1./s1. The molecular weight excluding hydrogens is 386 g/mol. The van der Waals surface area contributed by atoms with Crippen molar-refractivity contribution in [1.82, 2.24) is 9.80 Å². The average molecular weight is 416 g/mol. The molecule has 27 heavy (non-hydrogen) atoms. The van der Waals surface area contributed by atoms with Crippen LogP contribution in [-0.2, 0) is 14.6 Å². The van der Waals surface area contributed by atoms with Crippen LogP contribution in [0.4, 0.5) is 0 Å². The minimum atomic E-state index is -2.99. The molecule has 152 valence electrons. The van der Waals surface area contributed by atoms with Crippen LogP contribution in [0.5, 0.6) is 0 Å². The molecule has 3 atom stereocenters. The Morgan fingerprint density at radius 1 is 1.26 bits per heavy atom. The van der Waals surface area contributed by atoms with Crippen LogP contribution in [0.3, 0.4) is 0 Å². The first kappa shape index (κ1) is 22.1. The fourth-order valence-corrected chi connectivity index (χ4v) is 6.08. The summed E-state index contributed by atoms with van der Waals surface area (Å²) in [6.07, 6.45) is 0.556. The molecule has 0 saturated carbocycles. The van der Waals surface area contributed by atoms with Gasteiger partial charge in [-0.3, -0.25) is 9.69 Å². The van der Waals surface area contributed by atoms with Crippen LogP contribution >= 0.6 is 12.4 Å². The lowest BCUT2D eigenvalue weighted by atomic mass is 9.89. The maximum absolute atomic E-state index is 12.8. The second-order valence-corrected chi connectivity index (χ2v) is 9.67. The predicted octanol–water partition coefficient (Wildman–Crippen LogP) is 1.12. The van der Waals surface area contributed by atoms with Crippen molar-refractivity contribution in [2.24, 2.45) is 11.7 Å². The summed E-state index contributed by atoms with van der Waals surface area (Å²) in [5, 5.41) is 0. The van der Waals surface area contributed by atoms with Gasteiger partial charge < -0.3 is 10.6 Å². The summed E-state index contributed by atoms with van der Waals surface area (Å²) in [4.78, 5) is 16.7. The number of nitrogens with two attached hydrogens (primary N) is 1. The predicted molar refractivity (Wildman–Crippen MR) is 110 cm³/mol. The van der Waals surface area contributed by atoms with Crippen molar-refractivity contribution in [2.45, 2.75) is 25.3 Å². The van der Waals surface area contributed by atoms with Gasteiger partial charge in [0.2, 0.25) is 5.91 Å². The van der Waals surface area contributed by atoms with Gasteiger partial charge >= 0.3 is 0 Å². The lowest BCUT2D eigenvalue weighted by Gasteiger charge is -2.29. The minimum Gasteiger partial charge on any atom is -0.338 e. The van der Waals surface area contributed by atoms with E-state index in [2.05, 4.69) is 17.0 Å². The molecular formula is C19H30ClN3O3S. The molecule has 0 aromatic heterocycles. The number of sulfone groups is 1. The topological polar surface area (TPSA) is 83.7 Å². The number of likely N-dealkylation sites (tertiary alicyclic amines) is 1. The van der Waals surface area contributed by atoms with Crippen molar-refractivity contribution in [3.63, 3.8) is 0 Å². The first-order chi connectivity index (χ1) is 12.4. The maximum atomic E-state index is 12.8. The van der Waals surface area contributed by atoms with Crippen LogP contribution in [-0.4, -0.2) is 74.4 Å². The van der Waals surface area contributed by atoms with E-state index in [0.29, 0.717) is 37.9 Å². The molecule has 1 amide bonds. The number of nitrogens with zero attached hydrogens (tertiary/aromatic N) is 2. The molecule has 2 fully saturated rings. The van der Waals surface area contributed by atoms with Crippen LogP contribution in [0, 0.1) is 5.92 Å². The van der Waals surface area contributed by atoms with Gasteiger partial charge in [-0.25, -0.2) is 8.42 Å². The van der Waals surface area contributed by atoms with Crippen molar-refractivity contribution in [3.8, 4) is 0 Å². The number of amides is 1. The number of rotatable bonds is 6. The van der Waals surface area contributed by atoms with E-state index in [1.807, 2.05) is 25.1 Å². The van der Waals surface area contributed by atoms with Crippen LogP contribution in [0.1, 0.15) is 24.8 Å². The summed E-state index contributed by atoms with van der Waals surface area (Å²) < 4.78 is 23.5. The number of hydrogen-bond acceptors (Lipinski definition) is 5. The highest BCUT2D eigenvalue weighted by molar-refractivity contribution is 7.91. The van der Waals surface area contributed by atoms with Gasteiger partial charge in [0.05, 0.1) is 18.1 Å². The number of likely N-dealkylation sites (N-methyl/N-ethyl adjacent to an activating group) is 1. The summed E-state index contributed by atoms with van der Waals surface area (Å²) in [6.45, 7) is 5.03. The number of carbonyl (C=O) groups excluding carboxylic acids is 1. The Labute approximate surface area is 168 Å². The van der Waals surface area contributed by atoms with E-state index in [9.17, 15) is 13.2 Å². The van der Waals surface area contributed by atoms with Gasteiger partial charge in [-0.05, 0) is 31.4 Å². The molecule has 2 aliphatic rings. The summed E-state index contributed by atoms with van der Waals surface area (Å²) in [6, 6.07) is 10.2. The van der Waals surface area contributed by atoms with E-state index >= 15 is 0 Å². The van der Waals surface area contributed by atoms with Crippen molar-refractivity contribution in [3.05, 3.63) is 35.9 Å². The third kappa shape index (κ3) is 5.22. The fourth-order valence-electron chi connectivity index (χ4n) is 4.35. The smallest absolute Gasteiger partial charge is 0.237 e. The van der Waals surface area contributed by atoms with E-state index in [4.69, 9.17) is 5.73 Å². The number of carbonyl (C=O) groups is 1. The van der Waals surface area contributed by atoms with Crippen LogP contribution in [0.15, 0.2) is 30.3 Å². The zero-order valence-electron chi connectivity index (χ0n) is 15.8. The van der Waals surface area contributed by atoms with Crippen LogP contribution in [0.2, 0.25) is 0 Å². The highest BCUT2D eigenvalue weighted by Crippen LogP contribution is 2.32. The minimum absolute atomic E-state index is 0. The molecule has 0 bridgehead atoms. The zero-order chi connectivity index (χ0) is 18.7. The summed E-state index contributed by atoms with van der Waals surface area (Å²) in [7, 11) is -2.99. The third-order valence-corrected chi connectivity index (χ3v) is 7.47. The maximum Gasteiger partial charge on any atom is 0.237 e. The van der Waals surface area contributed by atoms with E-state index in [-0.39, 0.29) is 35.9 Å². The molecule has 2 heterocycles. The highest BCUT2D eigenvalue weighted by atomic mass is 35.5. The number of benzene rings is 1. The molecule has 0 spiro atoms. The van der Waals surface area contributed by atoms with Gasteiger partial charge in [0.25, 0.3) is 0 Å². The van der Waals surface area contributed by atoms with Gasteiger partial charge in [0.15, 0.2) is 9.84 Å². The summed E-state index contributed by atoms with van der Waals surface area (Å²) >= 11 is 0. The molecule has 2 saturated heterocycles. The van der Waals surface area contributed by atoms with Crippen molar-refractivity contribution < 1.29 is 13.2 Å². The molecule has 1 aromatic rings. The molecule has 1 unspecified atom stereocenters. The largest absolute Gasteiger partial charge is 0.338 e. The van der Waals surface area contributed by atoms with E-state index in [1.54, 1.807) is 4.90 Å². The van der Waals surface area contributed by atoms with Gasteiger partial charge in [-0.2, -0.15) is 0 Å². The first-order valence-electron chi connectivity index (χ1n) is 9.40. The lowest BCUT2D eigenvalue weighted by molar-refractivity contribution is -0.133. The van der Waals surface area contributed by atoms with E-state index < -0.39 is 9.84 Å². The normalized spacial score (nSPS) is 27.3. The summed E-state index contributed by atoms with van der Waals surface area (Å²) in [5.41, 5.74) is 7.25. The number of hydrogen-bond donors (Lipinski definition) is 1. The third-order valence-electron chi connectivity index (χ3n) is 5.72. The molecule has 6 nitrogen and oxygen atoms in total. The Kier molecular flexibility index (Phi) is 7.68. The second kappa shape index (κ2) is 9.37. The van der Waals surface area contributed by atoms with E-state index in [1.165, 1.54) is 5.56 Å². The molecule has 8 heteroatoms. The van der Waals surface area contributed by atoms with Crippen LogP contribution < -0.4 is 5.73 Å². The first-order valence-corrected chi connectivity index (χ1v) is 11.2. The molecule has 2 N–H and O–H groups in total. The van der Waals surface area contributed by atoms with Crippen molar-refractivity contribution in [2.75, 3.05) is 44.2 Å². The Morgan fingerprint density at radius 3 is 2.52 bits per heavy atom. The molecule has 2 aliphatic heterocycles. The van der Waals surface area contributed by atoms with Gasteiger partial charge in [-0.1, -0.05) is 30.3 Å². The average Bonchev–Trinajstić information content (AvgIpc) is 3.19. The quantitative estimate of drug-likeness (QED) is 0.752. The van der Waals surface area contributed by atoms with Crippen molar-refractivity contribution >= 4 is 28.2 Å². The van der Waals surface area contributed by atoms with Gasteiger partial charge in [0, 0.05) is 31.6 Å². The molecule has 1 aromatic carbocycles. The fraction of sp³-hybridized carbons (Fsp3) is 0.632. The lowest BCUT2D eigenvalue weighted by Crippen LogP contribution is -2.45. The van der Waals surface area contributed by atoms with Gasteiger partial charge in [0.1, 0.15) is 0 Å². The van der Waals surface area contributed by atoms with Crippen molar-refractivity contribution in [1.29, 1.82) is 0 Å². The monoisotopic (exact) mass is 415 g/mol. The van der Waals surface area contributed by atoms with E-state index in [0.717, 1.165) is 13.1 Å².